The summed E-state index contributed by atoms with van der Waals surface area (Å²) in [6, 6.07) is 0. The van der Waals surface area contributed by atoms with Gasteiger partial charge < -0.3 is 5.32 Å². The number of rotatable bonds is 3. The van der Waals surface area contributed by atoms with E-state index in [2.05, 4.69) is 16.9 Å². The van der Waals surface area contributed by atoms with E-state index in [9.17, 15) is 4.79 Å². The van der Waals surface area contributed by atoms with E-state index < -0.39 is 0 Å². The second-order valence-electron chi connectivity index (χ2n) is 4.08. The molecule has 4 heteroatoms. The van der Waals surface area contributed by atoms with Crippen LogP contribution in [-0.2, 0) is 11.2 Å². The summed E-state index contributed by atoms with van der Waals surface area (Å²) in [6.07, 6.45) is 4.78. The van der Waals surface area contributed by atoms with Crippen LogP contribution >= 0.6 is 11.3 Å². The Morgan fingerprint density at radius 3 is 3.31 bits per heavy atom. The second kappa shape index (κ2) is 4.78. The van der Waals surface area contributed by atoms with E-state index in [1.807, 2.05) is 6.92 Å². The summed E-state index contributed by atoms with van der Waals surface area (Å²) in [5, 5.41) is 3.99. The highest BCUT2D eigenvalue weighted by molar-refractivity contribution is 7.11. The second-order valence-corrected chi connectivity index (χ2v) is 5.37. The molecule has 1 N–H and O–H groups in total. The molecule has 1 amide bonds. The number of thiazole rings is 1. The summed E-state index contributed by atoms with van der Waals surface area (Å²) in [5.41, 5.74) is 1.21. The van der Waals surface area contributed by atoms with E-state index in [0.717, 1.165) is 17.8 Å². The maximum absolute atomic E-state index is 11.1. The quantitative estimate of drug-likeness (QED) is 0.817. The molecule has 0 spiro atoms. The highest BCUT2D eigenvalue weighted by Crippen LogP contribution is 2.34. The number of aromatic nitrogens is 1. The number of carbonyl (C=O) groups is 1. The molecule has 1 aliphatic rings. The number of carbonyl (C=O) groups excluding carboxylic acids is 1. The van der Waals surface area contributed by atoms with E-state index in [-0.39, 0.29) is 5.91 Å². The van der Waals surface area contributed by atoms with Crippen LogP contribution in [-0.4, -0.2) is 17.4 Å². The van der Waals surface area contributed by atoms with Crippen molar-refractivity contribution in [3.8, 4) is 0 Å². The molecule has 0 radical (unpaired) electrons. The zero-order chi connectivity index (χ0) is 11.5. The Balaban J connectivity index is 2.06. The first-order valence-electron chi connectivity index (χ1n) is 5.57. The number of nitrogens with zero attached hydrogens (tertiary/aromatic N) is 1. The van der Waals surface area contributed by atoms with Crippen LogP contribution in [0.1, 0.15) is 34.3 Å². The van der Waals surface area contributed by atoms with Crippen LogP contribution in [0.2, 0.25) is 0 Å². The molecular formula is C12H16N2OS. The van der Waals surface area contributed by atoms with E-state index >= 15 is 0 Å². The molecule has 2 rings (SSSR count). The predicted octanol–water partition coefficient (Wildman–Crippen LogP) is 2.17. The zero-order valence-electron chi connectivity index (χ0n) is 9.45. The minimum Gasteiger partial charge on any atom is -0.352 e. The Morgan fingerprint density at radius 2 is 2.56 bits per heavy atom. The minimum absolute atomic E-state index is 0.0981. The third-order valence-electron chi connectivity index (χ3n) is 2.89. The summed E-state index contributed by atoms with van der Waals surface area (Å²) < 4.78 is 0. The molecule has 16 heavy (non-hydrogen) atoms. The normalized spacial score (nSPS) is 18.9. The minimum atomic E-state index is -0.0981. The smallest absolute Gasteiger partial charge is 0.243 e. The average molecular weight is 236 g/mol. The molecule has 0 aromatic carbocycles. The maximum atomic E-state index is 11.1. The van der Waals surface area contributed by atoms with Crippen molar-refractivity contribution in [3.05, 3.63) is 28.2 Å². The monoisotopic (exact) mass is 236 g/mol. The van der Waals surface area contributed by atoms with Gasteiger partial charge in [0, 0.05) is 17.3 Å². The lowest BCUT2D eigenvalue weighted by molar-refractivity contribution is -0.116. The van der Waals surface area contributed by atoms with Gasteiger partial charge in [-0.25, -0.2) is 4.98 Å². The Hall–Kier alpha value is -1.16. The number of amides is 1. The SMILES string of the molecule is C=CC(=O)NC[C@@H]1CCCc2sc(C)nc21. The predicted molar refractivity (Wildman–Crippen MR) is 65.7 cm³/mol. The number of fused-ring (bicyclic) bond motifs is 1. The Bertz CT molecular complexity index is 411. The topological polar surface area (TPSA) is 42.0 Å². The highest BCUT2D eigenvalue weighted by atomic mass is 32.1. The van der Waals surface area contributed by atoms with Crippen LogP contribution in [0.5, 0.6) is 0 Å². The molecule has 86 valence electrons. The van der Waals surface area contributed by atoms with Gasteiger partial charge in [-0.2, -0.15) is 0 Å². The van der Waals surface area contributed by atoms with Crippen molar-refractivity contribution in [2.24, 2.45) is 0 Å². The van der Waals surface area contributed by atoms with Crippen LogP contribution < -0.4 is 5.32 Å². The lowest BCUT2D eigenvalue weighted by Gasteiger charge is -2.21. The number of nitrogens with one attached hydrogen (secondary N) is 1. The molecule has 1 heterocycles. The first kappa shape index (κ1) is 11.3. The van der Waals surface area contributed by atoms with Gasteiger partial charge in [0.2, 0.25) is 5.91 Å². The van der Waals surface area contributed by atoms with E-state index in [0.29, 0.717) is 12.5 Å². The van der Waals surface area contributed by atoms with Crippen LogP contribution in [0.25, 0.3) is 0 Å². The Labute approximate surface area is 99.6 Å². The number of hydrogen-bond acceptors (Lipinski definition) is 3. The molecule has 0 saturated carbocycles. The van der Waals surface area contributed by atoms with E-state index in [1.54, 1.807) is 11.3 Å². The van der Waals surface area contributed by atoms with Crippen LogP contribution in [0.15, 0.2) is 12.7 Å². The standard InChI is InChI=1S/C12H16N2OS/c1-3-11(15)13-7-9-5-4-6-10-12(9)14-8(2)16-10/h3,9H,1,4-7H2,2H3,(H,13,15)/t9-/m0/s1. The number of aryl methyl sites for hydroxylation is 2. The van der Waals surface area contributed by atoms with E-state index in [1.165, 1.54) is 23.1 Å². The fourth-order valence-corrected chi connectivity index (χ4v) is 3.19. The fraction of sp³-hybridized carbons (Fsp3) is 0.500. The van der Waals surface area contributed by atoms with Gasteiger partial charge in [0.15, 0.2) is 0 Å². The third-order valence-corrected chi connectivity index (χ3v) is 3.93. The first-order valence-corrected chi connectivity index (χ1v) is 6.39. The van der Waals surface area contributed by atoms with Gasteiger partial charge in [0.25, 0.3) is 0 Å². The molecule has 1 aromatic rings. The average Bonchev–Trinajstić information content (AvgIpc) is 2.66. The summed E-state index contributed by atoms with van der Waals surface area (Å²) in [5.74, 6) is 0.289. The van der Waals surface area contributed by atoms with Gasteiger partial charge in [0.1, 0.15) is 0 Å². The van der Waals surface area contributed by atoms with Crippen molar-refractivity contribution in [1.82, 2.24) is 10.3 Å². The van der Waals surface area contributed by atoms with E-state index in [4.69, 9.17) is 0 Å². The van der Waals surface area contributed by atoms with Gasteiger partial charge in [-0.1, -0.05) is 6.58 Å². The molecule has 0 saturated heterocycles. The molecule has 0 unspecified atom stereocenters. The Morgan fingerprint density at radius 1 is 1.75 bits per heavy atom. The molecule has 1 atom stereocenters. The summed E-state index contributed by atoms with van der Waals surface area (Å²) in [7, 11) is 0. The molecule has 1 aliphatic carbocycles. The van der Waals surface area contributed by atoms with Gasteiger partial charge in [-0.05, 0) is 32.3 Å². The molecule has 1 aromatic heterocycles. The fourth-order valence-electron chi connectivity index (χ4n) is 2.12. The van der Waals surface area contributed by atoms with Gasteiger partial charge >= 0.3 is 0 Å². The first-order chi connectivity index (χ1) is 7.70. The van der Waals surface area contributed by atoms with Crippen LogP contribution in [0.4, 0.5) is 0 Å². The van der Waals surface area contributed by atoms with Crippen molar-refractivity contribution in [1.29, 1.82) is 0 Å². The van der Waals surface area contributed by atoms with Gasteiger partial charge in [-0.3, -0.25) is 4.79 Å². The lowest BCUT2D eigenvalue weighted by Crippen LogP contribution is -2.28. The number of hydrogen-bond donors (Lipinski definition) is 1. The van der Waals surface area contributed by atoms with Crippen molar-refractivity contribution in [2.45, 2.75) is 32.1 Å². The van der Waals surface area contributed by atoms with Crippen LogP contribution in [0, 0.1) is 6.92 Å². The van der Waals surface area contributed by atoms with Crippen molar-refractivity contribution < 1.29 is 4.79 Å². The van der Waals surface area contributed by atoms with Gasteiger partial charge in [-0.15, -0.1) is 11.3 Å². The van der Waals surface area contributed by atoms with Crippen molar-refractivity contribution >= 4 is 17.2 Å². The third kappa shape index (κ3) is 2.32. The maximum Gasteiger partial charge on any atom is 0.243 e. The zero-order valence-corrected chi connectivity index (χ0v) is 10.3. The highest BCUT2D eigenvalue weighted by Gasteiger charge is 2.23. The molecule has 0 bridgehead atoms. The summed E-state index contributed by atoms with van der Waals surface area (Å²) >= 11 is 1.79. The van der Waals surface area contributed by atoms with Crippen LogP contribution in [0.3, 0.4) is 0 Å². The summed E-state index contributed by atoms with van der Waals surface area (Å²) in [6.45, 7) is 6.17. The Kier molecular flexibility index (Phi) is 3.39. The largest absolute Gasteiger partial charge is 0.352 e. The van der Waals surface area contributed by atoms with Crippen molar-refractivity contribution in [2.75, 3.05) is 6.54 Å². The summed E-state index contributed by atoms with van der Waals surface area (Å²) in [4.78, 5) is 17.1. The lowest BCUT2D eigenvalue weighted by atomic mass is 9.91. The molecule has 0 fully saturated rings. The van der Waals surface area contributed by atoms with Crippen molar-refractivity contribution in [3.63, 3.8) is 0 Å². The molecule has 3 nitrogen and oxygen atoms in total. The van der Waals surface area contributed by atoms with Gasteiger partial charge in [0.05, 0.1) is 10.7 Å². The molecular weight excluding hydrogens is 220 g/mol. The molecule has 0 aliphatic heterocycles.